The molecule has 0 spiro atoms. The Kier molecular flexibility index (Phi) is 42.5. The van der Waals surface area contributed by atoms with Crippen molar-refractivity contribution in [3.8, 4) is 0 Å². The maximum Gasteiger partial charge on any atom is 1.00 e. The van der Waals surface area contributed by atoms with Crippen LogP contribution in [-0.4, -0.2) is 12.6 Å². The minimum Gasteiger partial charge on any atom is -0.259 e. The van der Waals surface area contributed by atoms with Crippen molar-refractivity contribution in [3.63, 3.8) is 0 Å². The zero-order chi connectivity index (χ0) is 73.3. The van der Waals surface area contributed by atoms with Gasteiger partial charge in [-0.1, -0.05) is 480 Å². The molecule has 0 aliphatic rings. The topological polar surface area (TPSA) is 184 Å². The van der Waals surface area contributed by atoms with Crippen molar-refractivity contribution < 1.29 is 147 Å². The van der Waals surface area contributed by atoms with Gasteiger partial charge in [0.25, 0.3) is 0 Å². The van der Waals surface area contributed by atoms with Gasteiger partial charge in [0.05, 0.1) is 0 Å². The summed E-state index contributed by atoms with van der Waals surface area (Å²) in [7, 11) is -12.0. The molecular weight excluding hydrogens is 2230 g/mol. The van der Waals surface area contributed by atoms with Gasteiger partial charge in [-0.3, -0.25) is 11.8 Å². The molecule has 0 bridgehead atoms. The van der Waals surface area contributed by atoms with Gasteiger partial charge < -0.3 is 0 Å². The number of rotatable bonds is 18. The molecule has 2 radical (unpaired) electrons. The van der Waals surface area contributed by atoms with Gasteiger partial charge in [0.15, 0.2) is 0 Å². The van der Waals surface area contributed by atoms with E-state index in [0.717, 1.165) is 0 Å². The fourth-order valence-corrected chi connectivity index (χ4v) is 28.2. The molecule has 0 amide bonds. The molecule has 0 saturated heterocycles. The molecule has 566 valence electrons. The van der Waals surface area contributed by atoms with E-state index in [0.29, 0.717) is 0 Å². The second kappa shape index (κ2) is 49.2. The van der Waals surface area contributed by atoms with Crippen molar-refractivity contribution in [2.24, 2.45) is 0 Å². The van der Waals surface area contributed by atoms with Gasteiger partial charge in [-0.05, 0) is 45.6 Å². The molecule has 20 heteroatoms. The van der Waals surface area contributed by atoms with Crippen molar-refractivity contribution in [3.05, 3.63) is 436 Å². The van der Waals surface area contributed by atoms with Crippen LogP contribution in [0.2, 0.25) is 0 Å². The smallest absolute Gasteiger partial charge is 0.259 e. The van der Waals surface area contributed by atoms with Crippen molar-refractivity contribution in [1.29, 1.82) is 0 Å². The summed E-state index contributed by atoms with van der Waals surface area (Å²) in [4.78, 5) is 0. The molecule has 0 aliphatic carbocycles. The van der Waals surface area contributed by atoms with Crippen LogP contribution in [0.15, 0.2) is 425 Å². The summed E-state index contributed by atoms with van der Waals surface area (Å²) in [5.41, 5.74) is 0. The SMILES string of the molecule is C=P(c1ccccc1)(c1ccccc1)c1ccccc1.C=P(c1ccccc1)(c1ccccc1)c1ccccc1.[Au+].[Au+].[Au].[Au].[O-][Cl+3]([O-])([O-])[O-].[O-][Cl+3]([O-])([O-])[O-].c1ccc(P([CH-]P(c2ccccc2)c2ccccc2)c2ccccc2)cc1.c1ccc(P([CH-]P(c2ccccc2)c2ccccc2)c2ccccc2)cc1. The fraction of sp³-hybridized carbons (Fsp3) is 0. The maximum atomic E-state index is 8.49. The van der Waals surface area contributed by atoms with Crippen LogP contribution in [0, 0.1) is 32.3 Å². The van der Waals surface area contributed by atoms with E-state index in [1.165, 1.54) is 74.3 Å². The quantitative estimate of drug-likeness (QED) is 0.0470. The average molecular weight is 2310 g/mol. The van der Waals surface area contributed by atoms with E-state index in [-0.39, 0.29) is 89.5 Å². The molecule has 0 atom stereocenters. The number of benzene rings is 14. The summed E-state index contributed by atoms with van der Waals surface area (Å²) in [6.07, 6.45) is 9.38. The Morgan fingerprint density at radius 2 is 0.269 bits per heavy atom. The molecule has 0 aromatic heterocycles. The monoisotopic (exact) mass is 2300 g/mol. The molecule has 8 nitrogen and oxygen atoms in total. The van der Waals surface area contributed by atoms with Crippen molar-refractivity contribution >= 4 is 132 Å². The van der Waals surface area contributed by atoms with E-state index in [1.54, 1.807) is 0 Å². The Morgan fingerprint density at radius 1 is 0.185 bits per heavy atom. The zero-order valence-electron chi connectivity index (χ0n) is 57.9. The largest absolute Gasteiger partial charge is 1.00 e. The van der Waals surface area contributed by atoms with Gasteiger partial charge in [-0.15, -0.1) is 20.5 Å². The number of halogens is 2. The molecule has 0 fully saturated rings. The Labute approximate surface area is 708 Å². The van der Waals surface area contributed by atoms with Crippen LogP contribution < -0.4 is 112 Å². The van der Waals surface area contributed by atoms with Crippen LogP contribution in [0.25, 0.3) is 0 Å². The molecular formula is C88H76Au4Cl2O8P6-2. The third-order valence-electron chi connectivity index (χ3n) is 15.9. The van der Waals surface area contributed by atoms with Gasteiger partial charge in [0, 0.05) is 44.8 Å². The first-order valence-corrected chi connectivity index (χ1v) is 44.8. The molecule has 0 saturated carbocycles. The molecule has 14 rings (SSSR count). The Bertz CT molecular complexity index is 3930. The minimum absolute atomic E-state index is 0. The average Bonchev–Trinajstić information content (AvgIpc) is 0.778. The van der Waals surface area contributed by atoms with Crippen molar-refractivity contribution in [2.45, 2.75) is 0 Å². The summed E-state index contributed by atoms with van der Waals surface area (Å²) >= 11 is 0. The Morgan fingerprint density at radius 3 is 0.361 bits per heavy atom. The molecule has 108 heavy (non-hydrogen) atoms. The predicted octanol–water partition coefficient (Wildman–Crippen LogP) is 8.05. The van der Waals surface area contributed by atoms with Gasteiger partial charge in [-0.25, -0.2) is 37.3 Å². The van der Waals surface area contributed by atoms with E-state index in [9.17, 15) is 0 Å². The van der Waals surface area contributed by atoms with Crippen LogP contribution in [0.4, 0.5) is 0 Å². The van der Waals surface area contributed by atoms with Gasteiger partial charge >= 0.3 is 44.8 Å². The first kappa shape index (κ1) is 93.2. The first-order chi connectivity index (χ1) is 50.5. The van der Waals surface area contributed by atoms with E-state index < -0.39 is 65.9 Å². The first-order valence-electron chi connectivity index (χ1n) is 32.8. The summed E-state index contributed by atoms with van der Waals surface area (Å²) in [6.45, 7) is -3.55. The fourth-order valence-electron chi connectivity index (χ4n) is 11.1. The molecule has 0 unspecified atom stereocenters. The normalized spacial score (nSPS) is 10.8. The van der Waals surface area contributed by atoms with Crippen molar-refractivity contribution in [2.75, 3.05) is 0 Å². The molecule has 0 aliphatic heterocycles. The molecule has 0 heterocycles. The van der Waals surface area contributed by atoms with Gasteiger partial charge in [0.1, 0.15) is 0 Å². The summed E-state index contributed by atoms with van der Waals surface area (Å²) in [5, 5.41) is 19.1. The maximum absolute atomic E-state index is 8.49. The van der Waals surface area contributed by atoms with E-state index in [2.05, 4.69) is 436 Å². The Balaban J connectivity index is 0.000000246. The molecule has 14 aromatic carbocycles. The second-order valence-electron chi connectivity index (χ2n) is 22.8. The van der Waals surface area contributed by atoms with Crippen LogP contribution in [0.1, 0.15) is 0 Å². The Hall–Kier alpha value is -5.38. The van der Waals surface area contributed by atoms with E-state index >= 15 is 0 Å². The minimum atomic E-state index is -4.94. The van der Waals surface area contributed by atoms with Crippen molar-refractivity contribution in [1.82, 2.24) is 0 Å². The van der Waals surface area contributed by atoms with Crippen LogP contribution in [-0.2, 0) is 89.5 Å². The van der Waals surface area contributed by atoms with Crippen LogP contribution in [0.5, 0.6) is 0 Å². The summed E-state index contributed by atoms with van der Waals surface area (Å²) in [5.74, 6) is 5.22. The second-order valence-corrected chi connectivity index (χ2v) is 39.6. The van der Waals surface area contributed by atoms with E-state index in [1.807, 2.05) is 0 Å². The van der Waals surface area contributed by atoms with Gasteiger partial charge in [-0.2, -0.15) is 31.7 Å². The predicted molar refractivity (Wildman–Crippen MR) is 429 cm³/mol. The number of hydrogen-bond donors (Lipinski definition) is 0. The summed E-state index contributed by atoms with van der Waals surface area (Å²) < 4.78 is 67.9. The molecule has 14 aromatic rings. The van der Waals surface area contributed by atoms with Gasteiger partial charge in [0.2, 0.25) is 0 Å². The van der Waals surface area contributed by atoms with Crippen LogP contribution in [0.3, 0.4) is 0 Å². The summed E-state index contributed by atoms with van der Waals surface area (Å²) in [6, 6.07) is 151. The van der Waals surface area contributed by atoms with Crippen LogP contribution >= 0.6 is 45.5 Å². The zero-order valence-corrected chi connectivity index (χ0v) is 73.4. The standard InChI is InChI=1S/2C25H21P2.2C19H17P.4Au.2ClHO4/c2*1-5-13-22(14-6-1)26(23-15-7-2-8-16-23)21-27(24-17-9-3-10-18-24)25-19-11-4-12-20-25;2*1-20(17-11-5-2-6-12-17,18-13-7-3-8-14-18)19-15-9-4-10-16-19;;;;;2*2-1(3,4)5/h2*1-21H;2*2-16H,1H2;;;;;2*(H,2,3,4,5)/q2*-1;;;;;2*+1;;/p-2. The third kappa shape index (κ3) is 29.9. The number of hydrogen-bond acceptors (Lipinski definition) is 8. The van der Waals surface area contributed by atoms with E-state index in [4.69, 9.17) is 49.9 Å². The third-order valence-corrected chi connectivity index (χ3v) is 33.5. The molecule has 0 N–H and O–H groups in total.